The molecule has 0 radical (unpaired) electrons. The first-order valence-electron chi connectivity index (χ1n) is 8.23. The van der Waals surface area contributed by atoms with Gasteiger partial charge in [0, 0.05) is 44.9 Å². The molecule has 1 aromatic carbocycles. The van der Waals surface area contributed by atoms with Gasteiger partial charge in [-0.2, -0.15) is 0 Å². The van der Waals surface area contributed by atoms with Crippen molar-refractivity contribution in [3.63, 3.8) is 0 Å². The summed E-state index contributed by atoms with van der Waals surface area (Å²) in [6, 6.07) is 2.76. The van der Waals surface area contributed by atoms with Crippen LogP contribution in [0.25, 0.3) is 0 Å². The first kappa shape index (κ1) is 17.7. The van der Waals surface area contributed by atoms with Crippen LogP contribution in [-0.4, -0.2) is 55.8 Å². The van der Waals surface area contributed by atoms with E-state index in [0.717, 1.165) is 58.8 Å². The average molecular weight is 374 g/mol. The molecule has 2 fully saturated rings. The Morgan fingerprint density at radius 2 is 1.71 bits per heavy atom. The Labute approximate surface area is 151 Å². The Kier molecular flexibility index (Phi) is 5.81. The number of rotatable bonds is 4. The van der Waals surface area contributed by atoms with Gasteiger partial charge in [-0.05, 0) is 18.8 Å². The number of nitro benzene ring substituents is 1. The van der Waals surface area contributed by atoms with Gasteiger partial charge in [0.1, 0.15) is 0 Å². The molecule has 132 valence electrons. The van der Waals surface area contributed by atoms with E-state index in [1.54, 1.807) is 0 Å². The molecule has 8 heteroatoms. The van der Waals surface area contributed by atoms with Gasteiger partial charge in [0.25, 0.3) is 5.69 Å². The lowest BCUT2D eigenvalue weighted by Gasteiger charge is -2.37. The van der Waals surface area contributed by atoms with Gasteiger partial charge in [0.05, 0.1) is 33.9 Å². The van der Waals surface area contributed by atoms with E-state index >= 15 is 0 Å². The van der Waals surface area contributed by atoms with E-state index in [0.29, 0.717) is 21.7 Å². The summed E-state index contributed by atoms with van der Waals surface area (Å²) < 4.78 is 5.39. The molecule has 3 rings (SSSR count). The van der Waals surface area contributed by atoms with Crippen LogP contribution in [0, 0.1) is 16.0 Å². The van der Waals surface area contributed by atoms with E-state index in [4.69, 9.17) is 27.9 Å². The van der Waals surface area contributed by atoms with E-state index in [1.165, 1.54) is 12.1 Å². The van der Waals surface area contributed by atoms with Crippen molar-refractivity contribution in [1.29, 1.82) is 0 Å². The number of nitro groups is 1. The average Bonchev–Trinajstić information content (AvgIpc) is 2.56. The van der Waals surface area contributed by atoms with Gasteiger partial charge >= 0.3 is 0 Å². The molecule has 0 atom stereocenters. The number of piperidine rings is 1. The summed E-state index contributed by atoms with van der Waals surface area (Å²) in [5.74, 6) is 0.662. The van der Waals surface area contributed by atoms with Crippen LogP contribution in [0.1, 0.15) is 12.8 Å². The highest BCUT2D eigenvalue weighted by molar-refractivity contribution is 6.39. The van der Waals surface area contributed by atoms with Crippen molar-refractivity contribution in [3.8, 4) is 0 Å². The fourth-order valence-corrected chi connectivity index (χ4v) is 4.16. The highest BCUT2D eigenvalue weighted by Crippen LogP contribution is 2.39. The molecule has 0 bridgehead atoms. The lowest BCUT2D eigenvalue weighted by Crippen LogP contribution is -2.43. The van der Waals surface area contributed by atoms with Crippen molar-refractivity contribution in [2.24, 2.45) is 5.92 Å². The van der Waals surface area contributed by atoms with Crippen LogP contribution in [-0.2, 0) is 4.74 Å². The topological polar surface area (TPSA) is 58.9 Å². The van der Waals surface area contributed by atoms with Crippen LogP contribution in [0.4, 0.5) is 11.4 Å². The second kappa shape index (κ2) is 7.87. The third kappa shape index (κ3) is 4.11. The third-order valence-electron chi connectivity index (χ3n) is 4.76. The lowest BCUT2D eigenvalue weighted by molar-refractivity contribution is -0.384. The van der Waals surface area contributed by atoms with Crippen molar-refractivity contribution in [2.75, 3.05) is 50.8 Å². The fourth-order valence-electron chi connectivity index (χ4n) is 3.45. The molecule has 0 spiro atoms. The molecule has 2 aliphatic heterocycles. The molecule has 0 aromatic heterocycles. The fraction of sp³-hybridized carbons (Fsp3) is 0.625. The summed E-state index contributed by atoms with van der Waals surface area (Å²) in [6.07, 6.45) is 2.14. The van der Waals surface area contributed by atoms with Crippen molar-refractivity contribution in [2.45, 2.75) is 12.8 Å². The van der Waals surface area contributed by atoms with E-state index in [9.17, 15) is 10.1 Å². The minimum absolute atomic E-state index is 0.0732. The Bertz CT molecular complexity index is 577. The Morgan fingerprint density at radius 3 is 2.25 bits per heavy atom. The lowest BCUT2D eigenvalue weighted by atomic mass is 9.95. The minimum atomic E-state index is -0.476. The smallest absolute Gasteiger partial charge is 0.272 e. The van der Waals surface area contributed by atoms with Gasteiger partial charge in [0.15, 0.2) is 0 Å². The molecular formula is C16H21Cl2N3O3. The van der Waals surface area contributed by atoms with E-state index in [2.05, 4.69) is 9.80 Å². The molecule has 0 unspecified atom stereocenters. The molecule has 1 aromatic rings. The predicted molar refractivity (Wildman–Crippen MR) is 95.3 cm³/mol. The molecule has 0 aliphatic carbocycles. The molecule has 2 aliphatic rings. The number of nitrogens with zero attached hydrogens (tertiary/aromatic N) is 3. The van der Waals surface area contributed by atoms with Crippen LogP contribution >= 0.6 is 23.2 Å². The second-order valence-electron chi connectivity index (χ2n) is 6.36. The summed E-state index contributed by atoms with van der Waals surface area (Å²) in [5, 5.41) is 11.6. The van der Waals surface area contributed by atoms with Gasteiger partial charge in [0.2, 0.25) is 0 Å². The van der Waals surface area contributed by atoms with Crippen molar-refractivity contribution in [3.05, 3.63) is 32.3 Å². The van der Waals surface area contributed by atoms with Gasteiger partial charge < -0.3 is 9.64 Å². The Balaban J connectivity index is 1.61. The normalized spacial score (nSPS) is 20.3. The van der Waals surface area contributed by atoms with Crippen LogP contribution in [0.2, 0.25) is 10.0 Å². The summed E-state index contributed by atoms with van der Waals surface area (Å²) >= 11 is 12.5. The summed E-state index contributed by atoms with van der Waals surface area (Å²) in [6.45, 7) is 6.53. The monoisotopic (exact) mass is 373 g/mol. The Hall–Kier alpha value is -1.08. The zero-order chi connectivity index (χ0) is 17.1. The maximum atomic E-state index is 10.9. The number of hydrogen-bond donors (Lipinski definition) is 0. The summed E-state index contributed by atoms with van der Waals surface area (Å²) in [4.78, 5) is 15.0. The number of morpholine rings is 1. The number of ether oxygens (including phenoxy) is 1. The number of halogens is 2. The molecular weight excluding hydrogens is 353 g/mol. The Morgan fingerprint density at radius 1 is 1.12 bits per heavy atom. The van der Waals surface area contributed by atoms with E-state index in [1.807, 2.05) is 0 Å². The van der Waals surface area contributed by atoms with Crippen molar-refractivity contribution >= 4 is 34.6 Å². The molecule has 2 saturated heterocycles. The zero-order valence-corrected chi connectivity index (χ0v) is 14.9. The summed E-state index contributed by atoms with van der Waals surface area (Å²) in [5.41, 5.74) is 0.643. The first-order chi connectivity index (χ1) is 11.5. The summed E-state index contributed by atoms with van der Waals surface area (Å²) in [7, 11) is 0. The number of anilines is 1. The van der Waals surface area contributed by atoms with Crippen LogP contribution < -0.4 is 4.90 Å². The van der Waals surface area contributed by atoms with Gasteiger partial charge in [-0.1, -0.05) is 23.2 Å². The number of benzene rings is 1. The number of hydrogen-bond acceptors (Lipinski definition) is 5. The van der Waals surface area contributed by atoms with Crippen molar-refractivity contribution < 1.29 is 9.66 Å². The van der Waals surface area contributed by atoms with Crippen LogP contribution in [0.3, 0.4) is 0 Å². The van der Waals surface area contributed by atoms with E-state index < -0.39 is 4.92 Å². The van der Waals surface area contributed by atoms with Gasteiger partial charge in [-0.15, -0.1) is 0 Å². The molecule has 0 N–H and O–H groups in total. The predicted octanol–water partition coefficient (Wildman–Crippen LogP) is 3.45. The van der Waals surface area contributed by atoms with E-state index in [-0.39, 0.29) is 5.69 Å². The molecule has 0 amide bonds. The SMILES string of the molecule is O=[N+]([O-])c1cc(Cl)c(N2CCC(CN3CCOCC3)CC2)c(Cl)c1. The van der Waals surface area contributed by atoms with Gasteiger partial charge in [-0.25, -0.2) is 0 Å². The molecule has 2 heterocycles. The van der Waals surface area contributed by atoms with Gasteiger partial charge in [-0.3, -0.25) is 15.0 Å². The zero-order valence-electron chi connectivity index (χ0n) is 13.4. The largest absolute Gasteiger partial charge is 0.379 e. The molecule has 24 heavy (non-hydrogen) atoms. The molecule has 0 saturated carbocycles. The van der Waals surface area contributed by atoms with Crippen LogP contribution in [0.5, 0.6) is 0 Å². The number of non-ortho nitro benzene ring substituents is 1. The second-order valence-corrected chi connectivity index (χ2v) is 7.17. The third-order valence-corrected chi connectivity index (χ3v) is 5.34. The van der Waals surface area contributed by atoms with Crippen molar-refractivity contribution in [1.82, 2.24) is 4.90 Å². The van der Waals surface area contributed by atoms with Crippen LogP contribution in [0.15, 0.2) is 12.1 Å². The standard InChI is InChI=1S/C16H21Cl2N3O3/c17-14-9-13(21(22)23)10-15(18)16(14)20-3-1-12(2-4-20)11-19-5-7-24-8-6-19/h9-10,12H,1-8,11H2. The maximum Gasteiger partial charge on any atom is 0.272 e. The highest BCUT2D eigenvalue weighted by atomic mass is 35.5. The maximum absolute atomic E-state index is 10.9. The highest BCUT2D eigenvalue weighted by Gasteiger charge is 2.26. The minimum Gasteiger partial charge on any atom is -0.379 e. The first-order valence-corrected chi connectivity index (χ1v) is 8.98. The quantitative estimate of drug-likeness (QED) is 0.597. The molecule has 6 nitrogen and oxygen atoms in total.